The molecule has 1 amide bonds. The van der Waals surface area contributed by atoms with Gasteiger partial charge in [-0.3, -0.25) is 4.79 Å². The quantitative estimate of drug-likeness (QED) is 0.661. The average Bonchev–Trinajstić information content (AvgIpc) is 2.93. The first-order valence-corrected chi connectivity index (χ1v) is 5.75. The number of pyridine rings is 1. The third-order valence-corrected chi connectivity index (χ3v) is 2.49. The van der Waals surface area contributed by atoms with Gasteiger partial charge in [0.2, 0.25) is 0 Å². The number of rotatable bonds is 4. The van der Waals surface area contributed by atoms with Gasteiger partial charge in [0.1, 0.15) is 5.69 Å². The van der Waals surface area contributed by atoms with E-state index in [0.29, 0.717) is 5.69 Å². The van der Waals surface area contributed by atoms with Gasteiger partial charge in [0.05, 0.1) is 5.69 Å². The number of hydrogen-bond donors (Lipinski definition) is 2. The molecule has 0 radical (unpaired) electrons. The third-order valence-electron chi connectivity index (χ3n) is 2.19. The predicted molar refractivity (Wildman–Crippen MR) is 69.0 cm³/mol. The molecule has 2 N–H and O–H groups in total. The topological polar surface area (TPSA) is 84.1 Å². The number of anilines is 1. The van der Waals surface area contributed by atoms with Gasteiger partial charge < -0.3 is 15.0 Å². The summed E-state index contributed by atoms with van der Waals surface area (Å²) in [5.74, 6) is -1.09. The van der Waals surface area contributed by atoms with E-state index in [9.17, 15) is 9.59 Å². The van der Waals surface area contributed by atoms with Crippen LogP contribution in [0.2, 0.25) is 5.15 Å². The lowest BCUT2D eigenvalue weighted by Gasteiger charge is -2.06. The van der Waals surface area contributed by atoms with Crippen LogP contribution < -0.4 is 5.32 Å². The zero-order chi connectivity index (χ0) is 13.7. The van der Waals surface area contributed by atoms with Crippen LogP contribution in [-0.4, -0.2) is 28.5 Å². The van der Waals surface area contributed by atoms with E-state index < -0.39 is 18.5 Å². The molecule has 0 unspecified atom stereocenters. The van der Waals surface area contributed by atoms with Crippen LogP contribution in [0.25, 0.3) is 0 Å². The molecule has 0 saturated heterocycles. The molecule has 98 valence electrons. The molecule has 0 spiro atoms. The number of carbonyl (C=O) groups is 2. The van der Waals surface area contributed by atoms with Crippen LogP contribution >= 0.6 is 11.6 Å². The molecule has 0 aromatic carbocycles. The van der Waals surface area contributed by atoms with Crippen molar-refractivity contribution in [2.24, 2.45) is 0 Å². The summed E-state index contributed by atoms with van der Waals surface area (Å²) in [6, 6.07) is 6.44. The number of aromatic nitrogens is 2. The number of carbonyl (C=O) groups excluding carboxylic acids is 2. The van der Waals surface area contributed by atoms with Crippen molar-refractivity contribution in [2.75, 3.05) is 11.9 Å². The van der Waals surface area contributed by atoms with E-state index in [1.807, 2.05) is 0 Å². The smallest absolute Gasteiger partial charge is 0.355 e. The number of halogens is 1. The van der Waals surface area contributed by atoms with Gasteiger partial charge >= 0.3 is 5.97 Å². The molecule has 2 heterocycles. The van der Waals surface area contributed by atoms with Crippen molar-refractivity contribution in [3.8, 4) is 0 Å². The first-order chi connectivity index (χ1) is 9.16. The summed E-state index contributed by atoms with van der Waals surface area (Å²) >= 11 is 5.77. The number of esters is 1. The number of H-pyrrole nitrogens is 1. The van der Waals surface area contributed by atoms with Gasteiger partial charge in [0, 0.05) is 12.4 Å². The lowest BCUT2D eigenvalue weighted by atomic mass is 10.4. The molecular weight excluding hydrogens is 270 g/mol. The van der Waals surface area contributed by atoms with Crippen molar-refractivity contribution in [3.05, 3.63) is 47.5 Å². The van der Waals surface area contributed by atoms with E-state index in [0.717, 1.165) is 0 Å². The molecule has 0 saturated carbocycles. The second-order valence-electron chi connectivity index (χ2n) is 3.55. The fourth-order valence-corrected chi connectivity index (χ4v) is 1.50. The fraction of sp³-hybridized carbons (Fsp3) is 0.0833. The predicted octanol–water partition coefficient (Wildman–Crippen LogP) is 1.86. The monoisotopic (exact) mass is 279 g/mol. The van der Waals surface area contributed by atoms with Gasteiger partial charge in [0.25, 0.3) is 5.91 Å². The van der Waals surface area contributed by atoms with Crippen molar-refractivity contribution in [3.63, 3.8) is 0 Å². The summed E-state index contributed by atoms with van der Waals surface area (Å²) in [6.07, 6.45) is 3.09. The number of hydrogen-bond acceptors (Lipinski definition) is 4. The van der Waals surface area contributed by atoms with Gasteiger partial charge in [0.15, 0.2) is 11.8 Å². The van der Waals surface area contributed by atoms with Crippen LogP contribution in [0.1, 0.15) is 10.5 Å². The number of amides is 1. The molecule has 0 fully saturated rings. The number of nitrogens with zero attached hydrogens (tertiary/aromatic N) is 1. The van der Waals surface area contributed by atoms with E-state index in [1.165, 1.54) is 6.20 Å². The highest BCUT2D eigenvalue weighted by Crippen LogP contribution is 2.17. The van der Waals surface area contributed by atoms with E-state index in [-0.39, 0.29) is 10.8 Å². The van der Waals surface area contributed by atoms with Crippen molar-refractivity contribution in [1.29, 1.82) is 0 Å². The Labute approximate surface area is 113 Å². The normalized spacial score (nSPS) is 9.95. The molecule has 2 rings (SSSR count). The summed E-state index contributed by atoms with van der Waals surface area (Å²) < 4.78 is 4.81. The molecule has 0 aliphatic heterocycles. The average molecular weight is 280 g/mol. The number of aromatic amines is 1. The van der Waals surface area contributed by atoms with E-state index in [2.05, 4.69) is 15.3 Å². The maximum atomic E-state index is 11.6. The minimum Gasteiger partial charge on any atom is -0.451 e. The standard InChI is InChI=1S/C12H10ClN3O3/c13-11-8(3-1-6-15-11)16-10(17)7-19-12(18)9-4-2-5-14-9/h1-6,14H,7H2,(H,16,17). The molecule has 6 nitrogen and oxygen atoms in total. The van der Waals surface area contributed by atoms with Crippen molar-refractivity contribution < 1.29 is 14.3 Å². The van der Waals surface area contributed by atoms with E-state index in [4.69, 9.17) is 16.3 Å². The van der Waals surface area contributed by atoms with Crippen molar-refractivity contribution >= 4 is 29.2 Å². The third kappa shape index (κ3) is 3.56. The maximum Gasteiger partial charge on any atom is 0.355 e. The Morgan fingerprint density at radius 2 is 2.21 bits per heavy atom. The Balaban J connectivity index is 1.86. The largest absolute Gasteiger partial charge is 0.451 e. The van der Waals surface area contributed by atoms with E-state index >= 15 is 0 Å². The Morgan fingerprint density at radius 1 is 1.37 bits per heavy atom. The molecule has 0 aliphatic carbocycles. The Hall–Kier alpha value is -2.34. The molecule has 2 aromatic heterocycles. The highest BCUT2D eigenvalue weighted by Gasteiger charge is 2.11. The second-order valence-corrected chi connectivity index (χ2v) is 3.91. The van der Waals surface area contributed by atoms with Gasteiger partial charge in [-0.25, -0.2) is 9.78 Å². The first kappa shape index (κ1) is 13.1. The van der Waals surface area contributed by atoms with Crippen molar-refractivity contribution in [1.82, 2.24) is 9.97 Å². The summed E-state index contributed by atoms with van der Waals surface area (Å²) in [7, 11) is 0. The lowest BCUT2D eigenvalue weighted by Crippen LogP contribution is -2.21. The molecular formula is C12H10ClN3O3. The molecule has 19 heavy (non-hydrogen) atoms. The molecule has 0 atom stereocenters. The first-order valence-electron chi connectivity index (χ1n) is 5.37. The Morgan fingerprint density at radius 3 is 2.89 bits per heavy atom. The van der Waals surface area contributed by atoms with Crippen LogP contribution in [0.5, 0.6) is 0 Å². The minimum absolute atomic E-state index is 0.173. The Bertz CT molecular complexity index is 584. The maximum absolute atomic E-state index is 11.6. The zero-order valence-electron chi connectivity index (χ0n) is 9.72. The molecule has 0 aliphatic rings. The highest BCUT2D eigenvalue weighted by atomic mass is 35.5. The van der Waals surface area contributed by atoms with Crippen LogP contribution in [-0.2, 0) is 9.53 Å². The van der Waals surface area contributed by atoms with Crippen molar-refractivity contribution in [2.45, 2.75) is 0 Å². The van der Waals surface area contributed by atoms with Crippen LogP contribution in [0.15, 0.2) is 36.7 Å². The SMILES string of the molecule is O=C(COC(=O)c1ccc[nH]1)Nc1cccnc1Cl. The Kier molecular flexibility index (Phi) is 4.15. The fourth-order valence-electron chi connectivity index (χ4n) is 1.33. The lowest BCUT2D eigenvalue weighted by molar-refractivity contribution is -0.119. The molecule has 0 bridgehead atoms. The second kappa shape index (κ2) is 6.01. The van der Waals surface area contributed by atoms with Gasteiger partial charge in [-0.1, -0.05) is 11.6 Å². The van der Waals surface area contributed by atoms with Gasteiger partial charge in [-0.2, -0.15) is 0 Å². The van der Waals surface area contributed by atoms with Crippen LogP contribution in [0.4, 0.5) is 5.69 Å². The summed E-state index contributed by atoms with van der Waals surface area (Å²) in [6.45, 7) is -0.400. The minimum atomic E-state index is -0.600. The zero-order valence-corrected chi connectivity index (χ0v) is 10.5. The summed E-state index contributed by atoms with van der Waals surface area (Å²) in [5.41, 5.74) is 0.650. The summed E-state index contributed by atoms with van der Waals surface area (Å²) in [4.78, 5) is 29.5. The highest BCUT2D eigenvalue weighted by molar-refractivity contribution is 6.32. The molecule has 7 heteroatoms. The number of ether oxygens (including phenoxy) is 1. The molecule has 2 aromatic rings. The summed E-state index contributed by atoms with van der Waals surface area (Å²) in [5, 5.41) is 2.66. The number of nitrogens with one attached hydrogen (secondary N) is 2. The van der Waals surface area contributed by atoms with Gasteiger partial charge in [-0.05, 0) is 24.3 Å². The van der Waals surface area contributed by atoms with Crippen LogP contribution in [0, 0.1) is 0 Å². The van der Waals surface area contributed by atoms with E-state index in [1.54, 1.807) is 30.5 Å². The van der Waals surface area contributed by atoms with Crippen LogP contribution in [0.3, 0.4) is 0 Å². The van der Waals surface area contributed by atoms with Gasteiger partial charge in [-0.15, -0.1) is 0 Å².